The first-order valence-electron chi connectivity index (χ1n) is 9.58. The third-order valence-corrected chi connectivity index (χ3v) is 5.89. The fraction of sp³-hybridized carbons (Fsp3) is 0.364. The van der Waals surface area contributed by atoms with Gasteiger partial charge in [0.1, 0.15) is 0 Å². The highest BCUT2D eigenvalue weighted by Gasteiger charge is 2.45. The molecule has 160 valence electrons. The molecule has 0 saturated heterocycles. The predicted octanol–water partition coefficient (Wildman–Crippen LogP) is 3.30. The van der Waals surface area contributed by atoms with Gasteiger partial charge in [-0.25, -0.2) is 0 Å². The summed E-state index contributed by atoms with van der Waals surface area (Å²) in [6.07, 6.45) is 0.690. The molecule has 0 aliphatic carbocycles. The standard InChI is InChI=1S/C22H26N2O5S/c1-23(2)11-7-12-24-18(14-8-5-9-15(28-3)21(14)29-4)17(20(26)22(24)27)19(25)16-10-6-13-30-16/h5-6,8-10,13,18,26H,7,11-12H2,1-4H3. The van der Waals surface area contributed by atoms with E-state index in [0.29, 0.717) is 34.9 Å². The zero-order valence-electron chi connectivity index (χ0n) is 17.5. The van der Waals surface area contributed by atoms with Crippen LogP contribution in [0.5, 0.6) is 11.5 Å². The number of hydrogen-bond acceptors (Lipinski definition) is 7. The van der Waals surface area contributed by atoms with Crippen molar-refractivity contribution in [3.63, 3.8) is 0 Å². The molecule has 7 nitrogen and oxygen atoms in total. The van der Waals surface area contributed by atoms with Crippen LogP contribution in [0.25, 0.3) is 0 Å². The number of aliphatic hydroxyl groups excluding tert-OH is 1. The number of ketones is 1. The molecule has 3 rings (SSSR count). The number of methoxy groups -OCH3 is 2. The summed E-state index contributed by atoms with van der Waals surface area (Å²) in [5, 5.41) is 12.5. The lowest BCUT2D eigenvalue weighted by Crippen LogP contribution is -2.33. The summed E-state index contributed by atoms with van der Waals surface area (Å²) in [6, 6.07) is 8.01. The number of carbonyl (C=O) groups excluding carboxylic acids is 2. The van der Waals surface area contributed by atoms with E-state index in [4.69, 9.17) is 9.47 Å². The third kappa shape index (κ3) is 4.06. The number of ether oxygens (including phenoxy) is 2. The van der Waals surface area contributed by atoms with Gasteiger partial charge in [0.2, 0.25) is 5.78 Å². The van der Waals surface area contributed by atoms with E-state index in [2.05, 4.69) is 0 Å². The van der Waals surface area contributed by atoms with E-state index in [1.54, 1.807) is 35.7 Å². The van der Waals surface area contributed by atoms with Crippen LogP contribution in [-0.2, 0) is 4.79 Å². The number of hydrogen-bond donors (Lipinski definition) is 1. The SMILES string of the molecule is COc1cccc(C2C(C(=O)c3cccs3)=C(O)C(=O)N2CCCN(C)C)c1OC. The van der Waals surface area contributed by atoms with Gasteiger partial charge in [-0.1, -0.05) is 18.2 Å². The topological polar surface area (TPSA) is 79.3 Å². The summed E-state index contributed by atoms with van der Waals surface area (Å²) in [4.78, 5) is 30.3. The molecule has 1 aromatic heterocycles. The molecule has 0 spiro atoms. The molecule has 1 aromatic carbocycles. The molecule has 1 unspecified atom stereocenters. The Balaban J connectivity index is 2.11. The maximum Gasteiger partial charge on any atom is 0.290 e. The van der Waals surface area contributed by atoms with Crippen LogP contribution in [-0.4, -0.2) is 68.0 Å². The van der Waals surface area contributed by atoms with Crippen LogP contribution in [0.4, 0.5) is 0 Å². The first-order chi connectivity index (χ1) is 14.4. The van der Waals surface area contributed by atoms with Gasteiger partial charge in [0, 0.05) is 12.1 Å². The molecule has 0 saturated carbocycles. The second-order valence-electron chi connectivity index (χ2n) is 7.21. The van der Waals surface area contributed by atoms with Gasteiger partial charge >= 0.3 is 0 Å². The van der Waals surface area contributed by atoms with Crippen LogP contribution in [0.15, 0.2) is 47.0 Å². The van der Waals surface area contributed by atoms with E-state index in [0.717, 1.165) is 6.54 Å². The van der Waals surface area contributed by atoms with Gasteiger partial charge in [0.25, 0.3) is 5.91 Å². The van der Waals surface area contributed by atoms with Gasteiger partial charge in [-0.05, 0) is 44.6 Å². The molecule has 2 heterocycles. The largest absolute Gasteiger partial charge is 0.503 e. The van der Waals surface area contributed by atoms with Crippen molar-refractivity contribution in [3.8, 4) is 11.5 Å². The van der Waals surface area contributed by atoms with Crippen molar-refractivity contribution in [2.24, 2.45) is 0 Å². The molecule has 1 aliphatic rings. The molecule has 8 heteroatoms. The zero-order valence-corrected chi connectivity index (χ0v) is 18.4. The average Bonchev–Trinajstić information content (AvgIpc) is 3.35. The van der Waals surface area contributed by atoms with E-state index >= 15 is 0 Å². The number of amides is 1. The Morgan fingerprint density at radius 2 is 1.97 bits per heavy atom. The van der Waals surface area contributed by atoms with Gasteiger partial charge in [0.15, 0.2) is 17.3 Å². The molecule has 0 bridgehead atoms. The molecule has 1 N–H and O–H groups in total. The molecule has 0 radical (unpaired) electrons. The second-order valence-corrected chi connectivity index (χ2v) is 8.16. The summed E-state index contributed by atoms with van der Waals surface area (Å²) >= 11 is 1.27. The summed E-state index contributed by atoms with van der Waals surface area (Å²) in [7, 11) is 6.95. The Kier molecular flexibility index (Phi) is 6.79. The van der Waals surface area contributed by atoms with Crippen molar-refractivity contribution < 1.29 is 24.2 Å². The summed E-state index contributed by atoms with van der Waals surface area (Å²) < 4.78 is 11.0. The quantitative estimate of drug-likeness (QED) is 0.615. The Morgan fingerprint density at radius 3 is 2.57 bits per heavy atom. The number of benzene rings is 1. The van der Waals surface area contributed by atoms with Gasteiger partial charge in [-0.15, -0.1) is 11.3 Å². The van der Waals surface area contributed by atoms with E-state index in [1.807, 2.05) is 19.0 Å². The Hall–Kier alpha value is -2.84. The van der Waals surface area contributed by atoms with Crippen LogP contribution < -0.4 is 9.47 Å². The van der Waals surface area contributed by atoms with Gasteiger partial charge in [-0.3, -0.25) is 9.59 Å². The minimum absolute atomic E-state index is 0.0684. The van der Waals surface area contributed by atoms with E-state index in [-0.39, 0.29) is 11.4 Å². The average molecular weight is 431 g/mol. The smallest absolute Gasteiger partial charge is 0.290 e. The molecule has 1 aliphatic heterocycles. The van der Waals surface area contributed by atoms with Crippen LogP contribution in [0.3, 0.4) is 0 Å². The lowest BCUT2D eigenvalue weighted by atomic mass is 9.94. The van der Waals surface area contributed by atoms with E-state index in [9.17, 15) is 14.7 Å². The van der Waals surface area contributed by atoms with Crippen molar-refractivity contribution in [2.75, 3.05) is 41.4 Å². The van der Waals surface area contributed by atoms with Crippen molar-refractivity contribution in [2.45, 2.75) is 12.5 Å². The Labute approximate surface area is 180 Å². The summed E-state index contributed by atoms with van der Waals surface area (Å²) in [5.74, 6) is -0.496. The normalized spacial score (nSPS) is 16.5. The van der Waals surface area contributed by atoms with Crippen LogP contribution in [0.2, 0.25) is 0 Å². The monoisotopic (exact) mass is 430 g/mol. The number of para-hydroxylation sites is 1. The second kappa shape index (κ2) is 9.32. The summed E-state index contributed by atoms with van der Waals surface area (Å²) in [5.41, 5.74) is 0.665. The summed E-state index contributed by atoms with van der Waals surface area (Å²) in [6.45, 7) is 1.15. The molecule has 30 heavy (non-hydrogen) atoms. The minimum atomic E-state index is -0.765. The molecule has 2 aromatic rings. The lowest BCUT2D eigenvalue weighted by molar-refractivity contribution is -0.129. The Morgan fingerprint density at radius 1 is 1.20 bits per heavy atom. The third-order valence-electron chi connectivity index (χ3n) is 5.03. The molecule has 1 atom stereocenters. The van der Waals surface area contributed by atoms with Gasteiger partial charge < -0.3 is 24.4 Å². The maximum absolute atomic E-state index is 13.3. The zero-order chi connectivity index (χ0) is 21.8. The number of rotatable bonds is 9. The first kappa shape index (κ1) is 21.9. The number of Topliss-reactive ketones (excluding diaryl/α,β-unsaturated/α-hetero) is 1. The number of nitrogens with zero attached hydrogens (tertiary/aromatic N) is 2. The van der Waals surface area contributed by atoms with Crippen molar-refractivity contribution in [1.82, 2.24) is 9.80 Å². The number of carbonyl (C=O) groups is 2. The van der Waals surface area contributed by atoms with Crippen LogP contribution >= 0.6 is 11.3 Å². The van der Waals surface area contributed by atoms with Gasteiger partial charge in [0.05, 0.1) is 30.7 Å². The predicted molar refractivity (Wildman–Crippen MR) is 115 cm³/mol. The van der Waals surface area contributed by atoms with Crippen molar-refractivity contribution in [1.29, 1.82) is 0 Å². The van der Waals surface area contributed by atoms with E-state index < -0.39 is 17.7 Å². The molecule has 0 fully saturated rings. The fourth-order valence-electron chi connectivity index (χ4n) is 3.66. The number of thiophene rings is 1. The highest BCUT2D eigenvalue weighted by atomic mass is 32.1. The lowest BCUT2D eigenvalue weighted by Gasteiger charge is -2.28. The highest BCUT2D eigenvalue weighted by molar-refractivity contribution is 7.12. The Bertz CT molecular complexity index is 952. The maximum atomic E-state index is 13.3. The van der Waals surface area contributed by atoms with Crippen molar-refractivity contribution >= 4 is 23.0 Å². The van der Waals surface area contributed by atoms with Crippen LogP contribution in [0, 0.1) is 0 Å². The van der Waals surface area contributed by atoms with Crippen molar-refractivity contribution in [3.05, 3.63) is 57.5 Å². The highest BCUT2D eigenvalue weighted by Crippen LogP contribution is 2.45. The minimum Gasteiger partial charge on any atom is -0.503 e. The molecular weight excluding hydrogens is 404 g/mol. The van der Waals surface area contributed by atoms with E-state index in [1.165, 1.54) is 30.5 Å². The molecule has 1 amide bonds. The number of aliphatic hydroxyl groups is 1. The van der Waals surface area contributed by atoms with Crippen LogP contribution in [0.1, 0.15) is 27.7 Å². The molecular formula is C22H26N2O5S. The van der Waals surface area contributed by atoms with Gasteiger partial charge in [-0.2, -0.15) is 0 Å². The fourth-order valence-corrected chi connectivity index (χ4v) is 4.34. The first-order valence-corrected chi connectivity index (χ1v) is 10.5.